The van der Waals surface area contributed by atoms with Crippen molar-refractivity contribution in [3.63, 3.8) is 0 Å². The standard InChI is InChI=1S/C25H26F3N3O4/c1-13(16-4-3-5-19(21(16)26)25(27,28)12-32)29-24-18-10-20(35-15-6-8-33-11-15)17-7-9-34-23(17)22(18)30-14(2)31-24/h3-5,10,13,15,32H,6-9,11-12H2,1-2H3,(H,29,30,31)/t13?,15-/m0/s1. The Hall–Kier alpha value is -3.11. The summed E-state index contributed by atoms with van der Waals surface area (Å²) in [6, 6.07) is 4.87. The molecule has 0 amide bonds. The molecular formula is C25H26F3N3O4. The van der Waals surface area contributed by atoms with Crippen LogP contribution in [-0.4, -0.2) is 47.6 Å². The summed E-state index contributed by atoms with van der Waals surface area (Å²) in [4.78, 5) is 9.09. The zero-order valence-electron chi connectivity index (χ0n) is 19.4. The monoisotopic (exact) mass is 489 g/mol. The minimum absolute atomic E-state index is 0.0250. The van der Waals surface area contributed by atoms with E-state index in [0.29, 0.717) is 60.3 Å². The number of ether oxygens (including phenoxy) is 3. The Labute approximate surface area is 200 Å². The second kappa shape index (κ2) is 9.16. The first-order chi connectivity index (χ1) is 16.8. The van der Waals surface area contributed by atoms with E-state index in [9.17, 15) is 8.78 Å². The molecule has 35 heavy (non-hydrogen) atoms. The third kappa shape index (κ3) is 4.36. The van der Waals surface area contributed by atoms with Gasteiger partial charge in [0.05, 0.1) is 36.8 Å². The molecule has 7 nitrogen and oxygen atoms in total. The van der Waals surface area contributed by atoms with E-state index in [4.69, 9.17) is 19.3 Å². The van der Waals surface area contributed by atoms with Crippen LogP contribution in [0.5, 0.6) is 11.5 Å². The van der Waals surface area contributed by atoms with Crippen molar-refractivity contribution in [3.8, 4) is 11.5 Å². The number of aliphatic hydroxyl groups excluding tert-OH is 1. The molecule has 1 saturated heterocycles. The summed E-state index contributed by atoms with van der Waals surface area (Å²) in [7, 11) is 0. The second-order valence-electron chi connectivity index (χ2n) is 8.84. The lowest BCUT2D eigenvalue weighted by Gasteiger charge is -2.22. The van der Waals surface area contributed by atoms with Crippen LogP contribution in [-0.2, 0) is 17.1 Å². The average Bonchev–Trinajstić information content (AvgIpc) is 3.52. The molecule has 3 heterocycles. The summed E-state index contributed by atoms with van der Waals surface area (Å²) in [5, 5.41) is 12.8. The molecule has 3 aromatic rings. The van der Waals surface area contributed by atoms with Crippen LogP contribution in [0.4, 0.5) is 19.0 Å². The number of benzene rings is 2. The molecular weight excluding hydrogens is 463 g/mol. The molecule has 186 valence electrons. The van der Waals surface area contributed by atoms with Crippen LogP contribution in [0, 0.1) is 12.7 Å². The lowest BCUT2D eigenvalue weighted by molar-refractivity contribution is -0.0583. The van der Waals surface area contributed by atoms with Gasteiger partial charge in [0.15, 0.2) is 5.75 Å². The normalized spacial score (nSPS) is 18.4. The van der Waals surface area contributed by atoms with Gasteiger partial charge >= 0.3 is 0 Å². The van der Waals surface area contributed by atoms with E-state index in [1.54, 1.807) is 13.8 Å². The van der Waals surface area contributed by atoms with Crippen LogP contribution in [0.2, 0.25) is 0 Å². The van der Waals surface area contributed by atoms with Gasteiger partial charge in [-0.1, -0.05) is 12.1 Å². The molecule has 0 aliphatic carbocycles. The molecule has 1 unspecified atom stereocenters. The first-order valence-electron chi connectivity index (χ1n) is 11.5. The summed E-state index contributed by atoms with van der Waals surface area (Å²) in [5.41, 5.74) is 0.717. The summed E-state index contributed by atoms with van der Waals surface area (Å²) in [5.74, 6) is -2.58. The Morgan fingerprint density at radius 1 is 1.29 bits per heavy atom. The van der Waals surface area contributed by atoms with Gasteiger partial charge in [-0.25, -0.2) is 14.4 Å². The first-order valence-corrected chi connectivity index (χ1v) is 11.5. The van der Waals surface area contributed by atoms with E-state index in [0.717, 1.165) is 18.1 Å². The van der Waals surface area contributed by atoms with Crippen molar-refractivity contribution in [1.82, 2.24) is 9.97 Å². The van der Waals surface area contributed by atoms with E-state index < -0.39 is 30.0 Å². The number of hydrogen-bond donors (Lipinski definition) is 2. The summed E-state index contributed by atoms with van der Waals surface area (Å²) in [6.45, 7) is 3.56. The molecule has 0 spiro atoms. The van der Waals surface area contributed by atoms with E-state index in [1.807, 2.05) is 6.07 Å². The minimum atomic E-state index is -3.69. The average molecular weight is 489 g/mol. The molecule has 2 aliphatic heterocycles. The van der Waals surface area contributed by atoms with Crippen LogP contribution in [0.3, 0.4) is 0 Å². The topological polar surface area (TPSA) is 85.7 Å². The number of aryl methyl sites for hydroxylation is 1. The van der Waals surface area contributed by atoms with Crippen molar-refractivity contribution in [2.75, 3.05) is 31.7 Å². The first kappa shape index (κ1) is 23.6. The lowest BCUT2D eigenvalue weighted by Crippen LogP contribution is -2.22. The zero-order chi connectivity index (χ0) is 24.7. The Balaban J connectivity index is 1.55. The molecule has 2 aliphatic rings. The van der Waals surface area contributed by atoms with Crippen LogP contribution in [0.1, 0.15) is 41.9 Å². The van der Waals surface area contributed by atoms with Crippen molar-refractivity contribution < 1.29 is 32.5 Å². The molecule has 10 heteroatoms. The van der Waals surface area contributed by atoms with E-state index in [1.165, 1.54) is 12.1 Å². The zero-order valence-corrected chi connectivity index (χ0v) is 19.4. The molecule has 5 rings (SSSR count). The molecule has 1 aromatic heterocycles. The van der Waals surface area contributed by atoms with Crippen molar-refractivity contribution >= 4 is 16.7 Å². The second-order valence-corrected chi connectivity index (χ2v) is 8.84. The molecule has 2 aromatic carbocycles. The molecule has 2 N–H and O–H groups in total. The van der Waals surface area contributed by atoms with E-state index in [-0.39, 0.29) is 11.7 Å². The van der Waals surface area contributed by atoms with Gasteiger partial charge in [0.25, 0.3) is 5.92 Å². The molecule has 2 atom stereocenters. The molecule has 1 fully saturated rings. The van der Waals surface area contributed by atoms with E-state index >= 15 is 4.39 Å². The van der Waals surface area contributed by atoms with Gasteiger partial charge in [-0.2, -0.15) is 8.78 Å². The largest absolute Gasteiger partial charge is 0.491 e. The van der Waals surface area contributed by atoms with Crippen LogP contribution < -0.4 is 14.8 Å². The Bertz CT molecular complexity index is 1260. The van der Waals surface area contributed by atoms with Gasteiger partial charge in [-0.3, -0.25) is 0 Å². The predicted octanol–water partition coefficient (Wildman–Crippen LogP) is 4.44. The Morgan fingerprint density at radius 2 is 2.11 bits per heavy atom. The number of nitrogens with one attached hydrogen (secondary N) is 1. The summed E-state index contributed by atoms with van der Waals surface area (Å²) < 4.78 is 60.7. The highest BCUT2D eigenvalue weighted by molar-refractivity contribution is 5.96. The van der Waals surface area contributed by atoms with Crippen LogP contribution in [0.15, 0.2) is 24.3 Å². The fraction of sp³-hybridized carbons (Fsp3) is 0.440. The van der Waals surface area contributed by atoms with Gasteiger partial charge in [0.1, 0.15) is 41.4 Å². The number of halogens is 3. The quantitative estimate of drug-likeness (QED) is 0.508. The van der Waals surface area contributed by atoms with E-state index in [2.05, 4.69) is 15.3 Å². The van der Waals surface area contributed by atoms with Crippen LogP contribution >= 0.6 is 0 Å². The van der Waals surface area contributed by atoms with Gasteiger partial charge in [0.2, 0.25) is 0 Å². The number of aliphatic hydroxyl groups is 1. The Morgan fingerprint density at radius 3 is 2.86 bits per heavy atom. The predicted molar refractivity (Wildman–Crippen MR) is 123 cm³/mol. The minimum Gasteiger partial charge on any atom is -0.491 e. The van der Waals surface area contributed by atoms with Crippen molar-refractivity contribution in [2.45, 2.75) is 44.8 Å². The Kier molecular flexibility index (Phi) is 6.18. The number of aromatic nitrogens is 2. The van der Waals surface area contributed by atoms with Crippen molar-refractivity contribution in [3.05, 3.63) is 52.6 Å². The summed E-state index contributed by atoms with van der Waals surface area (Å²) >= 11 is 0. The smallest absolute Gasteiger partial charge is 0.298 e. The summed E-state index contributed by atoms with van der Waals surface area (Å²) in [6.07, 6.45) is 1.41. The number of anilines is 1. The highest BCUT2D eigenvalue weighted by atomic mass is 19.3. The third-order valence-corrected chi connectivity index (χ3v) is 6.34. The third-order valence-electron chi connectivity index (χ3n) is 6.34. The van der Waals surface area contributed by atoms with Gasteiger partial charge in [-0.15, -0.1) is 0 Å². The maximum Gasteiger partial charge on any atom is 0.298 e. The SMILES string of the molecule is Cc1nc(NC(C)c2cccc(C(F)(F)CO)c2F)c2cc(O[C@H]3CCOC3)c3c(c2n1)OCC3. The maximum absolute atomic E-state index is 15.1. The highest BCUT2D eigenvalue weighted by Crippen LogP contribution is 2.43. The van der Waals surface area contributed by atoms with Crippen LogP contribution in [0.25, 0.3) is 10.9 Å². The number of hydrogen-bond acceptors (Lipinski definition) is 7. The van der Waals surface area contributed by atoms with Crippen molar-refractivity contribution in [1.29, 1.82) is 0 Å². The number of fused-ring (bicyclic) bond motifs is 3. The molecule has 0 radical (unpaired) electrons. The number of nitrogens with zero attached hydrogens (tertiary/aromatic N) is 2. The molecule has 0 saturated carbocycles. The van der Waals surface area contributed by atoms with Gasteiger partial charge < -0.3 is 24.6 Å². The number of rotatable bonds is 7. The van der Waals surface area contributed by atoms with Crippen molar-refractivity contribution in [2.24, 2.45) is 0 Å². The maximum atomic E-state index is 15.1. The molecule has 0 bridgehead atoms. The fourth-order valence-electron chi connectivity index (χ4n) is 4.55. The fourth-order valence-corrected chi connectivity index (χ4v) is 4.55. The number of alkyl halides is 2. The highest BCUT2D eigenvalue weighted by Gasteiger charge is 2.35. The van der Waals surface area contributed by atoms with Gasteiger partial charge in [-0.05, 0) is 26.0 Å². The van der Waals surface area contributed by atoms with Gasteiger partial charge in [0, 0.05) is 24.0 Å². The lowest BCUT2D eigenvalue weighted by atomic mass is 10.00.